The zero-order valence-corrected chi connectivity index (χ0v) is 12.7. The Morgan fingerprint density at radius 3 is 1.91 bits per heavy atom. The van der Waals surface area contributed by atoms with Crippen LogP contribution in [0.4, 0.5) is 0 Å². The van der Waals surface area contributed by atoms with Gasteiger partial charge in [0.2, 0.25) is 0 Å². The van der Waals surface area contributed by atoms with Gasteiger partial charge < -0.3 is 4.57 Å². The average Bonchev–Trinajstić information content (AvgIpc) is 3.09. The Balaban J connectivity index is 1.97. The van der Waals surface area contributed by atoms with Crippen LogP contribution in [-0.2, 0) is 0 Å². The highest BCUT2D eigenvalue weighted by Gasteiger charge is 2.12. The van der Waals surface area contributed by atoms with Gasteiger partial charge in [-0.25, -0.2) is 0 Å². The lowest BCUT2D eigenvalue weighted by molar-refractivity contribution is 1.09. The van der Waals surface area contributed by atoms with Crippen LogP contribution in [0.2, 0.25) is 0 Å². The SMILES string of the molecule is [c]1ccccc1-c1ccc(-c2ccccc2)n1-c1ccccc1. The lowest BCUT2D eigenvalue weighted by Crippen LogP contribution is -1.99. The predicted octanol–water partition coefficient (Wildman–Crippen LogP) is 5.61. The van der Waals surface area contributed by atoms with Gasteiger partial charge in [0.25, 0.3) is 0 Å². The molecule has 0 atom stereocenters. The molecule has 0 unspecified atom stereocenters. The monoisotopic (exact) mass is 294 g/mol. The normalized spacial score (nSPS) is 10.6. The number of para-hydroxylation sites is 1. The van der Waals surface area contributed by atoms with E-state index in [2.05, 4.69) is 83.4 Å². The lowest BCUT2D eigenvalue weighted by atomic mass is 10.1. The molecule has 0 aliphatic heterocycles. The molecule has 0 aliphatic carbocycles. The smallest absolute Gasteiger partial charge is 0.0541 e. The molecule has 1 aromatic heterocycles. The maximum atomic E-state index is 3.34. The molecule has 4 rings (SSSR count). The van der Waals surface area contributed by atoms with E-state index in [1.54, 1.807) is 0 Å². The molecule has 0 aliphatic rings. The van der Waals surface area contributed by atoms with Gasteiger partial charge in [0.05, 0.1) is 11.4 Å². The van der Waals surface area contributed by atoms with Crippen molar-refractivity contribution in [3.8, 4) is 28.2 Å². The van der Waals surface area contributed by atoms with E-state index in [1.165, 1.54) is 11.3 Å². The first-order chi connectivity index (χ1) is 11.4. The van der Waals surface area contributed by atoms with Gasteiger partial charge in [-0.1, -0.05) is 72.8 Å². The summed E-state index contributed by atoms with van der Waals surface area (Å²) in [6, 6.07) is 36.7. The third kappa shape index (κ3) is 2.58. The van der Waals surface area contributed by atoms with Gasteiger partial charge in [-0.2, -0.15) is 0 Å². The summed E-state index contributed by atoms with van der Waals surface area (Å²) in [5, 5.41) is 0. The molecule has 1 radical (unpaired) electrons. The Labute approximate surface area is 136 Å². The van der Waals surface area contributed by atoms with Crippen molar-refractivity contribution in [2.45, 2.75) is 0 Å². The van der Waals surface area contributed by atoms with E-state index in [-0.39, 0.29) is 0 Å². The summed E-state index contributed by atoms with van der Waals surface area (Å²) in [5.74, 6) is 0. The molecule has 4 aromatic rings. The molecule has 0 bridgehead atoms. The molecule has 1 heterocycles. The summed E-state index contributed by atoms with van der Waals surface area (Å²) in [5.41, 5.74) is 5.79. The Kier molecular flexibility index (Phi) is 3.53. The van der Waals surface area contributed by atoms with Crippen molar-refractivity contribution in [1.82, 2.24) is 4.57 Å². The first-order valence-corrected chi connectivity index (χ1v) is 7.73. The number of benzene rings is 3. The molecule has 0 saturated carbocycles. The van der Waals surface area contributed by atoms with Crippen molar-refractivity contribution in [1.29, 1.82) is 0 Å². The summed E-state index contributed by atoms with van der Waals surface area (Å²) >= 11 is 0. The Bertz CT molecular complexity index is 834. The second-order valence-corrected chi connectivity index (χ2v) is 5.42. The number of hydrogen-bond acceptors (Lipinski definition) is 0. The van der Waals surface area contributed by atoms with Crippen molar-refractivity contribution in [2.24, 2.45) is 0 Å². The van der Waals surface area contributed by atoms with Crippen molar-refractivity contribution in [2.75, 3.05) is 0 Å². The maximum absolute atomic E-state index is 3.34. The van der Waals surface area contributed by atoms with Crippen LogP contribution in [0.5, 0.6) is 0 Å². The van der Waals surface area contributed by atoms with Crippen LogP contribution in [0.1, 0.15) is 0 Å². The molecule has 0 fully saturated rings. The zero-order chi connectivity index (χ0) is 15.5. The van der Waals surface area contributed by atoms with Crippen molar-refractivity contribution in [3.05, 3.63) is 103 Å². The van der Waals surface area contributed by atoms with Crippen LogP contribution in [0, 0.1) is 6.07 Å². The van der Waals surface area contributed by atoms with Crippen molar-refractivity contribution >= 4 is 0 Å². The van der Waals surface area contributed by atoms with E-state index in [1.807, 2.05) is 24.3 Å². The van der Waals surface area contributed by atoms with Gasteiger partial charge in [-0.3, -0.25) is 0 Å². The highest BCUT2D eigenvalue weighted by atomic mass is 15.0. The van der Waals surface area contributed by atoms with Gasteiger partial charge in [0.1, 0.15) is 0 Å². The Morgan fingerprint density at radius 1 is 0.565 bits per heavy atom. The van der Waals surface area contributed by atoms with Gasteiger partial charge in [0.15, 0.2) is 0 Å². The molecule has 1 nitrogen and oxygen atoms in total. The van der Waals surface area contributed by atoms with Crippen LogP contribution < -0.4 is 0 Å². The highest BCUT2D eigenvalue weighted by Crippen LogP contribution is 2.31. The minimum absolute atomic E-state index is 1.10. The zero-order valence-electron chi connectivity index (χ0n) is 12.7. The van der Waals surface area contributed by atoms with E-state index in [9.17, 15) is 0 Å². The second-order valence-electron chi connectivity index (χ2n) is 5.42. The molecule has 23 heavy (non-hydrogen) atoms. The number of nitrogens with zero attached hydrogens (tertiary/aromatic N) is 1. The van der Waals surface area contributed by atoms with E-state index in [4.69, 9.17) is 0 Å². The molecule has 0 spiro atoms. The Hall–Kier alpha value is -3.06. The molecule has 0 saturated heterocycles. The standard InChI is InChI=1S/C22H16N/c1-4-10-18(11-5-1)21-16-17-22(19-12-6-2-7-13-19)23(21)20-14-8-3-9-15-20/h1-12,14-17H. The predicted molar refractivity (Wildman–Crippen MR) is 95.5 cm³/mol. The first kappa shape index (κ1) is 13.6. The first-order valence-electron chi connectivity index (χ1n) is 7.73. The molecule has 0 N–H and O–H groups in total. The third-order valence-electron chi connectivity index (χ3n) is 3.95. The molecule has 3 aromatic carbocycles. The molecule has 1 heteroatoms. The van der Waals surface area contributed by atoms with Crippen LogP contribution >= 0.6 is 0 Å². The fourth-order valence-electron chi connectivity index (χ4n) is 2.89. The van der Waals surface area contributed by atoms with Gasteiger partial charge in [-0.15, -0.1) is 0 Å². The Morgan fingerprint density at radius 2 is 1.22 bits per heavy atom. The summed E-state index contributed by atoms with van der Waals surface area (Å²) in [6.45, 7) is 0. The maximum Gasteiger partial charge on any atom is 0.0541 e. The van der Waals surface area contributed by atoms with E-state index in [0.717, 1.165) is 16.9 Å². The van der Waals surface area contributed by atoms with Gasteiger partial charge >= 0.3 is 0 Å². The largest absolute Gasteiger partial charge is 0.309 e. The van der Waals surface area contributed by atoms with E-state index in [0.29, 0.717) is 0 Å². The number of hydrogen-bond donors (Lipinski definition) is 0. The van der Waals surface area contributed by atoms with E-state index >= 15 is 0 Å². The summed E-state index contributed by atoms with van der Waals surface area (Å²) in [6.07, 6.45) is 0. The summed E-state index contributed by atoms with van der Waals surface area (Å²) in [4.78, 5) is 0. The number of aromatic nitrogens is 1. The van der Waals surface area contributed by atoms with Gasteiger partial charge in [0, 0.05) is 11.3 Å². The van der Waals surface area contributed by atoms with Crippen LogP contribution in [-0.4, -0.2) is 4.57 Å². The molecular weight excluding hydrogens is 278 g/mol. The van der Waals surface area contributed by atoms with Crippen LogP contribution in [0.15, 0.2) is 97.1 Å². The van der Waals surface area contributed by atoms with Crippen LogP contribution in [0.25, 0.3) is 28.2 Å². The average molecular weight is 294 g/mol. The second kappa shape index (κ2) is 5.98. The molecule has 0 amide bonds. The fraction of sp³-hybridized carbons (Fsp3) is 0. The van der Waals surface area contributed by atoms with Crippen molar-refractivity contribution in [3.63, 3.8) is 0 Å². The van der Waals surface area contributed by atoms with Crippen molar-refractivity contribution < 1.29 is 0 Å². The van der Waals surface area contributed by atoms with E-state index < -0.39 is 0 Å². The lowest BCUT2D eigenvalue weighted by Gasteiger charge is -2.14. The van der Waals surface area contributed by atoms with Crippen LogP contribution in [0.3, 0.4) is 0 Å². The van der Waals surface area contributed by atoms with Gasteiger partial charge in [-0.05, 0) is 35.9 Å². The summed E-state index contributed by atoms with van der Waals surface area (Å²) < 4.78 is 2.29. The topological polar surface area (TPSA) is 4.93 Å². The molecule has 109 valence electrons. The minimum Gasteiger partial charge on any atom is -0.309 e. The molecular formula is C22H16N. The third-order valence-corrected chi connectivity index (χ3v) is 3.95. The minimum atomic E-state index is 1.10. The number of rotatable bonds is 3. The highest BCUT2D eigenvalue weighted by molar-refractivity contribution is 5.72. The fourth-order valence-corrected chi connectivity index (χ4v) is 2.89. The summed E-state index contributed by atoms with van der Waals surface area (Å²) in [7, 11) is 0. The quantitative estimate of drug-likeness (QED) is 0.462.